The molecule has 0 bridgehead atoms. The van der Waals surface area contributed by atoms with Crippen LogP contribution in [-0.2, 0) is 0 Å². The zero-order valence-electron chi connectivity index (χ0n) is 19.3. The van der Waals surface area contributed by atoms with Gasteiger partial charge in [0.05, 0.1) is 11.6 Å². The average molecular weight is 442 g/mol. The highest BCUT2D eigenvalue weighted by atomic mass is 16.2. The number of carbonyl (C=O) groups excluding carboxylic acids is 2. The summed E-state index contributed by atoms with van der Waals surface area (Å²) in [6.45, 7) is 6.10. The van der Waals surface area contributed by atoms with Crippen molar-refractivity contribution in [1.82, 2.24) is 5.32 Å². The number of hydrogen-bond donors (Lipinski definition) is 2. The normalized spacial score (nSPS) is 15.0. The second-order valence-electron chi connectivity index (χ2n) is 8.83. The lowest BCUT2D eigenvalue weighted by atomic mass is 9.97. The van der Waals surface area contributed by atoms with Gasteiger partial charge in [0.2, 0.25) is 0 Å². The molecule has 3 aromatic rings. The molecule has 2 N–H and O–H groups in total. The number of nitrogens with one attached hydrogen (secondary N) is 2. The summed E-state index contributed by atoms with van der Waals surface area (Å²) >= 11 is 0. The molecule has 1 atom stereocenters. The van der Waals surface area contributed by atoms with Crippen LogP contribution < -0.4 is 15.5 Å². The fourth-order valence-electron chi connectivity index (χ4n) is 4.21. The molecule has 0 spiro atoms. The summed E-state index contributed by atoms with van der Waals surface area (Å²) in [5, 5.41) is 6.07. The minimum absolute atomic E-state index is 0.129. The van der Waals surface area contributed by atoms with E-state index in [9.17, 15) is 9.59 Å². The zero-order chi connectivity index (χ0) is 23.2. The predicted molar refractivity (Wildman–Crippen MR) is 134 cm³/mol. The Balaban J connectivity index is 1.60. The van der Waals surface area contributed by atoms with Gasteiger partial charge in [-0.15, -0.1) is 0 Å². The number of anilines is 2. The van der Waals surface area contributed by atoms with E-state index in [-0.39, 0.29) is 17.9 Å². The number of nitrogens with zero attached hydrogens (tertiary/aromatic N) is 1. The van der Waals surface area contributed by atoms with Crippen LogP contribution in [0, 0.1) is 5.92 Å². The molecule has 5 nitrogen and oxygen atoms in total. The van der Waals surface area contributed by atoms with Crippen LogP contribution in [0.3, 0.4) is 0 Å². The quantitative estimate of drug-likeness (QED) is 0.518. The van der Waals surface area contributed by atoms with E-state index in [4.69, 9.17) is 0 Å². The zero-order valence-corrected chi connectivity index (χ0v) is 19.3. The Labute approximate surface area is 195 Å². The van der Waals surface area contributed by atoms with E-state index in [1.165, 1.54) is 0 Å². The summed E-state index contributed by atoms with van der Waals surface area (Å²) in [5.41, 5.74) is 3.73. The molecule has 33 heavy (non-hydrogen) atoms. The fraction of sp³-hybridized carbons (Fsp3) is 0.286. The lowest BCUT2D eigenvalue weighted by Gasteiger charge is -2.33. The van der Waals surface area contributed by atoms with Crippen molar-refractivity contribution in [3.63, 3.8) is 0 Å². The van der Waals surface area contributed by atoms with Gasteiger partial charge in [0, 0.05) is 30.0 Å². The van der Waals surface area contributed by atoms with Crippen molar-refractivity contribution < 1.29 is 9.59 Å². The molecular formula is C28H31N3O2. The Kier molecular flexibility index (Phi) is 7.08. The Bertz CT molecular complexity index is 1090. The van der Waals surface area contributed by atoms with Gasteiger partial charge in [-0.3, -0.25) is 9.59 Å². The van der Waals surface area contributed by atoms with Crippen LogP contribution in [0.5, 0.6) is 0 Å². The van der Waals surface area contributed by atoms with Crippen LogP contribution in [0.25, 0.3) is 0 Å². The SMILES string of the molecule is CC1CCN(c2ccc(NC(=O)c3ccccc3)cc2C(=O)NC(C)c2ccccc2)CC1. The summed E-state index contributed by atoms with van der Waals surface area (Å²) in [5.74, 6) is 0.357. The molecule has 1 aliphatic rings. The van der Waals surface area contributed by atoms with Crippen LogP contribution in [0.2, 0.25) is 0 Å². The van der Waals surface area contributed by atoms with Gasteiger partial charge in [-0.05, 0) is 61.6 Å². The Hall–Kier alpha value is -3.60. The van der Waals surface area contributed by atoms with Crippen molar-refractivity contribution in [2.45, 2.75) is 32.7 Å². The van der Waals surface area contributed by atoms with Gasteiger partial charge in [0.15, 0.2) is 0 Å². The smallest absolute Gasteiger partial charge is 0.255 e. The molecule has 1 heterocycles. The maximum Gasteiger partial charge on any atom is 0.255 e. The van der Waals surface area contributed by atoms with Crippen molar-refractivity contribution in [2.24, 2.45) is 5.92 Å². The fourth-order valence-corrected chi connectivity index (χ4v) is 4.21. The van der Waals surface area contributed by atoms with Gasteiger partial charge < -0.3 is 15.5 Å². The lowest BCUT2D eigenvalue weighted by Crippen LogP contribution is -2.35. The molecule has 2 amide bonds. The maximum atomic E-state index is 13.4. The van der Waals surface area contributed by atoms with Crippen LogP contribution >= 0.6 is 0 Å². The van der Waals surface area contributed by atoms with Crippen LogP contribution in [0.4, 0.5) is 11.4 Å². The highest BCUT2D eigenvalue weighted by molar-refractivity contribution is 6.06. The lowest BCUT2D eigenvalue weighted by molar-refractivity contribution is 0.0939. The second-order valence-corrected chi connectivity index (χ2v) is 8.83. The monoisotopic (exact) mass is 441 g/mol. The Morgan fingerprint density at radius 1 is 0.879 bits per heavy atom. The van der Waals surface area contributed by atoms with Crippen molar-refractivity contribution >= 4 is 23.2 Å². The number of amides is 2. The van der Waals surface area contributed by atoms with Gasteiger partial charge in [-0.1, -0.05) is 55.5 Å². The molecule has 1 saturated heterocycles. The molecule has 0 saturated carbocycles. The van der Waals surface area contributed by atoms with Gasteiger partial charge >= 0.3 is 0 Å². The van der Waals surface area contributed by atoms with E-state index in [1.807, 2.05) is 67.6 Å². The number of piperidine rings is 1. The van der Waals surface area contributed by atoms with E-state index in [1.54, 1.807) is 18.2 Å². The molecule has 170 valence electrons. The van der Waals surface area contributed by atoms with Crippen LogP contribution in [0.15, 0.2) is 78.9 Å². The third-order valence-corrected chi connectivity index (χ3v) is 6.31. The molecule has 4 rings (SSSR count). The number of carbonyl (C=O) groups is 2. The van der Waals surface area contributed by atoms with E-state index in [0.29, 0.717) is 22.7 Å². The second kappa shape index (κ2) is 10.3. The first-order chi connectivity index (χ1) is 16.0. The number of rotatable bonds is 6. The van der Waals surface area contributed by atoms with Gasteiger partial charge in [-0.2, -0.15) is 0 Å². The third-order valence-electron chi connectivity index (χ3n) is 6.31. The van der Waals surface area contributed by atoms with E-state index < -0.39 is 0 Å². The van der Waals surface area contributed by atoms with Crippen molar-refractivity contribution in [3.05, 3.63) is 95.6 Å². The highest BCUT2D eigenvalue weighted by Crippen LogP contribution is 2.29. The topological polar surface area (TPSA) is 61.4 Å². The Morgan fingerprint density at radius 3 is 2.18 bits per heavy atom. The summed E-state index contributed by atoms with van der Waals surface area (Å²) in [4.78, 5) is 28.4. The Morgan fingerprint density at radius 2 is 1.52 bits per heavy atom. The summed E-state index contributed by atoms with van der Waals surface area (Å²) in [7, 11) is 0. The molecule has 0 aliphatic carbocycles. The first kappa shape index (κ1) is 22.6. The van der Waals surface area contributed by atoms with Crippen LogP contribution in [0.1, 0.15) is 59.0 Å². The largest absolute Gasteiger partial charge is 0.371 e. The minimum atomic E-state index is -0.195. The molecule has 0 aromatic heterocycles. The molecule has 3 aromatic carbocycles. The number of hydrogen-bond acceptors (Lipinski definition) is 3. The highest BCUT2D eigenvalue weighted by Gasteiger charge is 2.23. The minimum Gasteiger partial charge on any atom is -0.371 e. The predicted octanol–water partition coefficient (Wildman–Crippen LogP) is 5.67. The molecule has 1 unspecified atom stereocenters. The first-order valence-electron chi connectivity index (χ1n) is 11.6. The average Bonchev–Trinajstić information content (AvgIpc) is 2.85. The van der Waals surface area contributed by atoms with Crippen LogP contribution in [-0.4, -0.2) is 24.9 Å². The molecule has 1 fully saturated rings. The van der Waals surface area contributed by atoms with E-state index in [2.05, 4.69) is 22.5 Å². The standard InChI is InChI=1S/C28H31N3O2/c1-20-15-17-31(18-16-20)26-14-13-24(30-27(32)23-11-7-4-8-12-23)19-25(26)28(33)29-21(2)22-9-5-3-6-10-22/h3-14,19-21H,15-18H2,1-2H3,(H,29,33)(H,30,32). The van der Waals surface area contributed by atoms with Gasteiger partial charge in [0.25, 0.3) is 11.8 Å². The molecule has 5 heteroatoms. The van der Waals surface area contributed by atoms with Gasteiger partial charge in [0.1, 0.15) is 0 Å². The van der Waals surface area contributed by atoms with Crippen molar-refractivity contribution in [2.75, 3.05) is 23.3 Å². The molecule has 0 radical (unpaired) electrons. The van der Waals surface area contributed by atoms with E-state index >= 15 is 0 Å². The summed E-state index contributed by atoms with van der Waals surface area (Å²) < 4.78 is 0. The summed E-state index contributed by atoms with van der Waals surface area (Å²) in [6, 6.07) is 24.5. The number of benzene rings is 3. The van der Waals surface area contributed by atoms with Crippen molar-refractivity contribution in [1.29, 1.82) is 0 Å². The molecular weight excluding hydrogens is 410 g/mol. The molecule has 1 aliphatic heterocycles. The van der Waals surface area contributed by atoms with E-state index in [0.717, 1.165) is 37.2 Å². The first-order valence-corrected chi connectivity index (χ1v) is 11.6. The maximum absolute atomic E-state index is 13.4. The third kappa shape index (κ3) is 5.61. The van der Waals surface area contributed by atoms with Gasteiger partial charge in [-0.25, -0.2) is 0 Å². The summed E-state index contributed by atoms with van der Waals surface area (Å²) in [6.07, 6.45) is 2.21. The van der Waals surface area contributed by atoms with Crippen molar-refractivity contribution in [3.8, 4) is 0 Å².